The van der Waals surface area contributed by atoms with Crippen LogP contribution in [-0.4, -0.2) is 23.4 Å². The van der Waals surface area contributed by atoms with Crippen molar-refractivity contribution in [3.8, 4) is 23.0 Å². The molecule has 146 valence electrons. The van der Waals surface area contributed by atoms with Gasteiger partial charge in [-0.3, -0.25) is 4.99 Å². The predicted octanol–water partition coefficient (Wildman–Crippen LogP) is 6.34. The summed E-state index contributed by atoms with van der Waals surface area (Å²) in [4.78, 5) is 9.10. The molecule has 5 nitrogen and oxygen atoms in total. The number of halogens is 1. The molecule has 0 unspecified atom stereocenters. The van der Waals surface area contributed by atoms with Crippen molar-refractivity contribution in [1.82, 2.24) is 4.98 Å². The topological polar surface area (TPSA) is 67.9 Å². The first-order valence-electron chi connectivity index (χ1n) is 9.03. The monoisotopic (exact) mass is 450 g/mol. The highest BCUT2D eigenvalue weighted by atomic mass is 79.9. The third kappa shape index (κ3) is 3.89. The van der Waals surface area contributed by atoms with Crippen molar-refractivity contribution in [1.29, 1.82) is 0 Å². The molecular formula is C23H19BrN2O3. The number of hydrogen-bond acceptors (Lipinski definition) is 5. The van der Waals surface area contributed by atoms with Gasteiger partial charge < -0.3 is 14.3 Å². The summed E-state index contributed by atoms with van der Waals surface area (Å²) in [6.07, 6.45) is 1.60. The molecule has 0 aliphatic heterocycles. The molecule has 6 heteroatoms. The Bertz CT molecular complexity index is 1210. The van der Waals surface area contributed by atoms with E-state index < -0.39 is 0 Å². The quantitative estimate of drug-likeness (QED) is 0.368. The van der Waals surface area contributed by atoms with Crippen LogP contribution in [0.1, 0.15) is 16.7 Å². The molecule has 0 fully saturated rings. The van der Waals surface area contributed by atoms with Crippen LogP contribution < -0.4 is 4.74 Å². The molecule has 0 saturated heterocycles. The molecule has 4 rings (SSSR count). The number of hydrogen-bond donors (Lipinski definition) is 1. The number of aromatic hydroxyl groups is 1. The molecule has 3 aromatic carbocycles. The van der Waals surface area contributed by atoms with Crippen molar-refractivity contribution in [2.24, 2.45) is 4.99 Å². The number of phenolic OH excluding ortho intramolecular Hbond substituents is 1. The van der Waals surface area contributed by atoms with Crippen LogP contribution in [0.25, 0.3) is 22.6 Å². The zero-order valence-electron chi connectivity index (χ0n) is 16.2. The summed E-state index contributed by atoms with van der Waals surface area (Å²) in [5, 5.41) is 10.3. The van der Waals surface area contributed by atoms with E-state index in [0.29, 0.717) is 17.2 Å². The van der Waals surface area contributed by atoms with Gasteiger partial charge in [-0.25, -0.2) is 4.98 Å². The second kappa shape index (κ2) is 7.72. The smallest absolute Gasteiger partial charge is 0.227 e. The van der Waals surface area contributed by atoms with E-state index in [2.05, 4.69) is 39.8 Å². The van der Waals surface area contributed by atoms with Crippen molar-refractivity contribution in [2.45, 2.75) is 13.8 Å². The number of aromatic nitrogens is 1. The fourth-order valence-corrected chi connectivity index (χ4v) is 3.47. The van der Waals surface area contributed by atoms with Gasteiger partial charge in [0.15, 0.2) is 17.1 Å². The van der Waals surface area contributed by atoms with Gasteiger partial charge in [0.05, 0.1) is 12.8 Å². The van der Waals surface area contributed by atoms with E-state index >= 15 is 0 Å². The average Bonchev–Trinajstić information content (AvgIpc) is 3.11. The number of fused-ring (bicyclic) bond motifs is 1. The van der Waals surface area contributed by atoms with Crippen molar-refractivity contribution < 1.29 is 14.3 Å². The number of aliphatic imine (C=N–C) groups is 1. The lowest BCUT2D eigenvalue weighted by Gasteiger charge is -2.06. The maximum atomic E-state index is 10.3. The van der Waals surface area contributed by atoms with Crippen LogP contribution in [0.15, 0.2) is 62.4 Å². The summed E-state index contributed by atoms with van der Waals surface area (Å²) in [5.41, 5.74) is 6.06. The fourth-order valence-electron chi connectivity index (χ4n) is 3.02. The molecule has 0 atom stereocenters. The standard InChI is InChI=1S/C23H19BrN2O3/c1-13-7-19-20(8-14(13)2)29-23(26-19)15-5-4-6-18(10-15)25-12-16-9-17(24)11-21(28-3)22(16)27/h4-12,27H,1-3H3. The number of phenols is 1. The summed E-state index contributed by atoms with van der Waals surface area (Å²) in [6.45, 7) is 4.11. The van der Waals surface area contributed by atoms with E-state index in [1.165, 1.54) is 18.2 Å². The molecule has 0 radical (unpaired) electrons. The van der Waals surface area contributed by atoms with Gasteiger partial charge in [0.25, 0.3) is 0 Å². The van der Waals surface area contributed by atoms with Crippen LogP contribution in [-0.2, 0) is 0 Å². The molecule has 0 spiro atoms. The van der Waals surface area contributed by atoms with E-state index in [0.717, 1.165) is 26.8 Å². The summed E-state index contributed by atoms with van der Waals surface area (Å²) in [7, 11) is 1.51. The number of benzene rings is 3. The molecule has 0 aliphatic carbocycles. The van der Waals surface area contributed by atoms with Crippen LogP contribution in [0.2, 0.25) is 0 Å². The Kier molecular flexibility index (Phi) is 5.11. The number of ether oxygens (including phenoxy) is 1. The summed E-state index contributed by atoms with van der Waals surface area (Å²) in [5.74, 6) is 0.973. The SMILES string of the molecule is COc1cc(Br)cc(C=Nc2cccc(-c3nc4cc(C)c(C)cc4o3)c2)c1O. The van der Waals surface area contributed by atoms with Crippen LogP contribution in [0.3, 0.4) is 0 Å². The summed E-state index contributed by atoms with van der Waals surface area (Å²) >= 11 is 3.41. The van der Waals surface area contributed by atoms with Crippen molar-refractivity contribution in [3.05, 3.63) is 69.7 Å². The highest BCUT2D eigenvalue weighted by Crippen LogP contribution is 2.33. The maximum Gasteiger partial charge on any atom is 0.227 e. The summed E-state index contributed by atoms with van der Waals surface area (Å²) in [6, 6.07) is 15.1. The van der Waals surface area contributed by atoms with E-state index in [-0.39, 0.29) is 5.75 Å². The Morgan fingerprint density at radius 3 is 2.69 bits per heavy atom. The molecule has 1 N–H and O–H groups in total. The Labute approximate surface area is 176 Å². The van der Waals surface area contributed by atoms with Gasteiger partial charge in [-0.2, -0.15) is 0 Å². The minimum absolute atomic E-state index is 0.0419. The highest BCUT2D eigenvalue weighted by molar-refractivity contribution is 9.10. The van der Waals surface area contributed by atoms with Gasteiger partial charge in [0.2, 0.25) is 5.89 Å². The lowest BCUT2D eigenvalue weighted by Crippen LogP contribution is -1.89. The van der Waals surface area contributed by atoms with Crippen molar-refractivity contribution in [2.75, 3.05) is 7.11 Å². The van der Waals surface area contributed by atoms with E-state index in [4.69, 9.17) is 9.15 Å². The molecule has 0 amide bonds. The Hall–Kier alpha value is -3.12. The first-order valence-corrected chi connectivity index (χ1v) is 9.82. The zero-order valence-corrected chi connectivity index (χ0v) is 17.8. The maximum absolute atomic E-state index is 10.3. The largest absolute Gasteiger partial charge is 0.504 e. The van der Waals surface area contributed by atoms with Gasteiger partial charge in [0, 0.05) is 21.8 Å². The number of oxazole rings is 1. The van der Waals surface area contributed by atoms with E-state index in [1.54, 1.807) is 18.3 Å². The molecule has 0 saturated carbocycles. The second-order valence-electron chi connectivity index (χ2n) is 6.78. The first kappa shape index (κ1) is 19.2. The molecule has 29 heavy (non-hydrogen) atoms. The lowest BCUT2D eigenvalue weighted by molar-refractivity contribution is 0.373. The lowest BCUT2D eigenvalue weighted by atomic mass is 10.1. The number of nitrogens with zero attached hydrogens (tertiary/aromatic N) is 2. The van der Waals surface area contributed by atoms with Gasteiger partial charge in [0.1, 0.15) is 5.52 Å². The number of aryl methyl sites for hydroxylation is 2. The first-order chi connectivity index (χ1) is 13.9. The summed E-state index contributed by atoms with van der Waals surface area (Å²) < 4.78 is 11.9. The van der Waals surface area contributed by atoms with Gasteiger partial charge in [-0.1, -0.05) is 22.0 Å². The van der Waals surface area contributed by atoms with Gasteiger partial charge in [-0.05, 0) is 67.4 Å². The van der Waals surface area contributed by atoms with Crippen LogP contribution in [0, 0.1) is 13.8 Å². The van der Waals surface area contributed by atoms with Crippen LogP contribution in [0.5, 0.6) is 11.5 Å². The Balaban J connectivity index is 1.68. The minimum Gasteiger partial charge on any atom is -0.504 e. The molecular weight excluding hydrogens is 432 g/mol. The molecule has 1 heterocycles. The van der Waals surface area contributed by atoms with Crippen LogP contribution in [0.4, 0.5) is 5.69 Å². The molecule has 1 aromatic heterocycles. The van der Waals surface area contributed by atoms with Gasteiger partial charge in [-0.15, -0.1) is 0 Å². The van der Waals surface area contributed by atoms with Crippen LogP contribution >= 0.6 is 15.9 Å². The zero-order chi connectivity index (χ0) is 20.5. The Morgan fingerprint density at radius 2 is 1.90 bits per heavy atom. The minimum atomic E-state index is 0.0419. The third-order valence-corrected chi connectivity index (χ3v) is 5.20. The van der Waals surface area contributed by atoms with E-state index in [9.17, 15) is 5.11 Å². The number of rotatable bonds is 4. The molecule has 0 bridgehead atoms. The number of methoxy groups -OCH3 is 1. The molecule has 0 aliphatic rings. The van der Waals surface area contributed by atoms with E-state index in [1.807, 2.05) is 36.4 Å². The van der Waals surface area contributed by atoms with Crippen molar-refractivity contribution in [3.63, 3.8) is 0 Å². The normalized spacial score (nSPS) is 11.4. The Morgan fingerprint density at radius 1 is 1.10 bits per heavy atom. The predicted molar refractivity (Wildman–Crippen MR) is 119 cm³/mol. The third-order valence-electron chi connectivity index (χ3n) is 4.74. The fraction of sp³-hybridized carbons (Fsp3) is 0.130. The second-order valence-corrected chi connectivity index (χ2v) is 7.69. The average molecular weight is 451 g/mol. The highest BCUT2D eigenvalue weighted by Gasteiger charge is 2.11. The van der Waals surface area contributed by atoms with Gasteiger partial charge >= 0.3 is 0 Å². The van der Waals surface area contributed by atoms with Crippen molar-refractivity contribution >= 4 is 38.9 Å². The molecule has 4 aromatic rings.